The lowest BCUT2D eigenvalue weighted by atomic mass is 9.98. The van der Waals surface area contributed by atoms with Crippen molar-refractivity contribution in [1.29, 1.82) is 0 Å². The Hall–Kier alpha value is -4.17. The first-order valence-electron chi connectivity index (χ1n) is 11.5. The molecule has 1 aromatic heterocycles. The zero-order chi connectivity index (χ0) is 27.6. The maximum atomic E-state index is 12.7. The van der Waals surface area contributed by atoms with Gasteiger partial charge in [-0.05, 0) is 6.92 Å². The Bertz CT molecular complexity index is 1390. The Morgan fingerprint density at radius 1 is 1.00 bits per heavy atom. The molecule has 0 saturated carbocycles. The van der Waals surface area contributed by atoms with Gasteiger partial charge in [0.15, 0.2) is 23.0 Å². The minimum atomic E-state index is -1.94. The van der Waals surface area contributed by atoms with E-state index in [1.807, 2.05) is 0 Å². The van der Waals surface area contributed by atoms with Crippen molar-refractivity contribution in [2.75, 3.05) is 13.2 Å². The van der Waals surface area contributed by atoms with E-state index in [1.54, 1.807) is 37.3 Å². The number of rotatable bonds is 7. The van der Waals surface area contributed by atoms with Crippen LogP contribution >= 0.6 is 0 Å². The zero-order valence-electron chi connectivity index (χ0n) is 19.9. The number of aliphatic hydroxyl groups excluding tert-OH is 3. The van der Waals surface area contributed by atoms with Gasteiger partial charge in [-0.3, -0.25) is 14.4 Å². The zero-order valence-corrected chi connectivity index (χ0v) is 19.9. The Balaban J connectivity index is 1.63. The van der Waals surface area contributed by atoms with E-state index in [0.29, 0.717) is 5.56 Å². The van der Waals surface area contributed by atoms with Gasteiger partial charge in [-0.1, -0.05) is 30.3 Å². The van der Waals surface area contributed by atoms with E-state index in [2.05, 4.69) is 5.32 Å². The Kier molecular flexibility index (Phi) is 7.83. The number of esters is 1. The van der Waals surface area contributed by atoms with Crippen molar-refractivity contribution >= 4 is 22.8 Å². The molecule has 2 heterocycles. The molecule has 38 heavy (non-hydrogen) atoms. The molecule has 1 amide bonds. The summed E-state index contributed by atoms with van der Waals surface area (Å²) in [5, 5.41) is 53.7. The summed E-state index contributed by atoms with van der Waals surface area (Å²) in [6.45, 7) is 1.10. The lowest BCUT2D eigenvalue weighted by Crippen LogP contribution is -2.63. The van der Waals surface area contributed by atoms with Gasteiger partial charge in [0.05, 0.1) is 6.61 Å². The maximum Gasteiger partial charge on any atom is 0.325 e. The van der Waals surface area contributed by atoms with E-state index in [9.17, 15) is 39.9 Å². The molecule has 0 bridgehead atoms. The number of benzene rings is 2. The summed E-state index contributed by atoms with van der Waals surface area (Å²) in [5.74, 6) is -3.93. The molecular formula is C25H25NO12. The number of amides is 1. The molecule has 0 radical (unpaired) electrons. The van der Waals surface area contributed by atoms with Gasteiger partial charge < -0.3 is 49.5 Å². The van der Waals surface area contributed by atoms with Gasteiger partial charge in [0.1, 0.15) is 41.6 Å². The van der Waals surface area contributed by atoms with E-state index in [1.165, 1.54) is 0 Å². The van der Waals surface area contributed by atoms with Crippen molar-refractivity contribution < 1.29 is 53.7 Å². The lowest BCUT2D eigenvalue weighted by molar-refractivity contribution is -0.267. The number of hydrogen-bond acceptors (Lipinski definition) is 12. The highest BCUT2D eigenvalue weighted by molar-refractivity contribution is 5.89. The smallest absolute Gasteiger partial charge is 0.325 e. The normalized spacial score (nSPS) is 23.1. The number of phenols is 2. The summed E-state index contributed by atoms with van der Waals surface area (Å²) < 4.78 is 21.2. The Labute approximate surface area is 214 Å². The fourth-order valence-corrected chi connectivity index (χ4v) is 3.86. The average molecular weight is 531 g/mol. The first-order valence-corrected chi connectivity index (χ1v) is 11.5. The molecule has 6 N–H and O–H groups in total. The monoisotopic (exact) mass is 531 g/mol. The van der Waals surface area contributed by atoms with Crippen LogP contribution in [-0.2, 0) is 19.1 Å². The second kappa shape index (κ2) is 11.1. The molecule has 1 fully saturated rings. The van der Waals surface area contributed by atoms with Gasteiger partial charge in [-0.25, -0.2) is 0 Å². The number of aliphatic hydroxyl groups is 3. The third kappa shape index (κ3) is 5.26. The molecular weight excluding hydrogens is 506 g/mol. The molecule has 202 valence electrons. The number of aromatic hydroxyl groups is 2. The van der Waals surface area contributed by atoms with Crippen LogP contribution in [0.15, 0.2) is 51.7 Å². The quantitative estimate of drug-likeness (QED) is 0.172. The van der Waals surface area contributed by atoms with Crippen molar-refractivity contribution in [1.82, 2.24) is 5.32 Å². The SMILES string of the molecule is CCOC(=O)CNC(=O)[C@@H]1O[C@@H](Oc2cc3oc(-c4ccccc4)cc(=O)c3c(O)c2O)[C@@H](O)[C@@H](O)[C@@H]1O. The third-order valence-corrected chi connectivity index (χ3v) is 5.77. The minimum Gasteiger partial charge on any atom is -0.504 e. The number of hydrogen-bond donors (Lipinski definition) is 6. The molecule has 1 aliphatic rings. The van der Waals surface area contributed by atoms with Gasteiger partial charge in [0.2, 0.25) is 12.0 Å². The molecule has 13 nitrogen and oxygen atoms in total. The van der Waals surface area contributed by atoms with Crippen molar-refractivity contribution in [2.24, 2.45) is 0 Å². The van der Waals surface area contributed by atoms with Gasteiger partial charge in [-0.15, -0.1) is 0 Å². The molecule has 3 aromatic rings. The van der Waals surface area contributed by atoms with Gasteiger partial charge in [-0.2, -0.15) is 0 Å². The highest BCUT2D eigenvalue weighted by Crippen LogP contribution is 2.42. The fourth-order valence-electron chi connectivity index (χ4n) is 3.86. The predicted molar refractivity (Wildman–Crippen MR) is 128 cm³/mol. The van der Waals surface area contributed by atoms with Crippen molar-refractivity contribution in [2.45, 2.75) is 37.6 Å². The second-order valence-electron chi connectivity index (χ2n) is 8.32. The van der Waals surface area contributed by atoms with Crippen LogP contribution in [-0.4, -0.2) is 81.3 Å². The summed E-state index contributed by atoms with van der Waals surface area (Å²) in [4.78, 5) is 36.7. The molecule has 4 rings (SSSR count). The van der Waals surface area contributed by atoms with E-state index in [-0.39, 0.29) is 23.3 Å². The summed E-state index contributed by atoms with van der Waals surface area (Å²) in [6.07, 6.45) is -9.41. The fraction of sp³-hybridized carbons (Fsp3) is 0.320. The highest BCUT2D eigenvalue weighted by Gasteiger charge is 2.48. The minimum absolute atomic E-state index is 0.0765. The summed E-state index contributed by atoms with van der Waals surface area (Å²) in [5.41, 5.74) is -0.284. The average Bonchev–Trinajstić information content (AvgIpc) is 2.90. The van der Waals surface area contributed by atoms with Gasteiger partial charge in [0, 0.05) is 17.7 Å². The van der Waals surface area contributed by atoms with Crippen LogP contribution in [0.5, 0.6) is 17.2 Å². The molecule has 0 unspecified atom stereocenters. The van der Waals surface area contributed by atoms with Crippen molar-refractivity contribution in [3.63, 3.8) is 0 Å². The van der Waals surface area contributed by atoms with Crippen LogP contribution < -0.4 is 15.5 Å². The predicted octanol–water partition coefficient (Wildman–Crippen LogP) is -0.263. The molecule has 13 heteroatoms. The van der Waals surface area contributed by atoms with Crippen LogP contribution in [0.1, 0.15) is 6.92 Å². The van der Waals surface area contributed by atoms with Crippen LogP contribution in [0.2, 0.25) is 0 Å². The first-order chi connectivity index (χ1) is 18.1. The van der Waals surface area contributed by atoms with Crippen molar-refractivity contribution in [3.8, 4) is 28.6 Å². The molecule has 1 saturated heterocycles. The third-order valence-electron chi connectivity index (χ3n) is 5.77. The van der Waals surface area contributed by atoms with E-state index in [0.717, 1.165) is 12.1 Å². The van der Waals surface area contributed by atoms with E-state index in [4.69, 9.17) is 18.6 Å². The number of ether oxygens (including phenoxy) is 3. The van der Waals surface area contributed by atoms with Gasteiger partial charge >= 0.3 is 5.97 Å². The Morgan fingerprint density at radius 2 is 1.71 bits per heavy atom. The van der Waals surface area contributed by atoms with Crippen LogP contribution in [0.4, 0.5) is 0 Å². The summed E-state index contributed by atoms with van der Waals surface area (Å²) >= 11 is 0. The topological polar surface area (TPSA) is 205 Å². The largest absolute Gasteiger partial charge is 0.504 e. The summed E-state index contributed by atoms with van der Waals surface area (Å²) in [7, 11) is 0. The maximum absolute atomic E-state index is 12.7. The molecule has 1 aliphatic heterocycles. The Morgan fingerprint density at radius 3 is 2.39 bits per heavy atom. The number of carbonyl (C=O) groups is 2. The number of phenolic OH excluding ortho intramolecular Hbond substituents is 2. The molecule has 5 atom stereocenters. The van der Waals surface area contributed by atoms with E-state index < -0.39 is 71.8 Å². The number of fused-ring (bicyclic) bond motifs is 1. The van der Waals surface area contributed by atoms with Gasteiger partial charge in [0.25, 0.3) is 5.91 Å². The standard InChI is InChI=1S/C25H25NO12/c1-2-35-16(28)10-26-24(34)23-21(32)20(31)22(33)25(38-23)37-15-9-14-17(19(30)18(15)29)12(27)8-13(36-14)11-6-4-3-5-7-11/h3-9,20-23,25,29-33H,2,10H2,1H3,(H,26,34)/t20-,21-,22-,23+,25+/m0/s1. The summed E-state index contributed by atoms with van der Waals surface area (Å²) in [6, 6.07) is 10.8. The first kappa shape index (κ1) is 26.9. The van der Waals surface area contributed by atoms with Crippen LogP contribution in [0.3, 0.4) is 0 Å². The molecule has 0 aliphatic carbocycles. The van der Waals surface area contributed by atoms with Crippen LogP contribution in [0.25, 0.3) is 22.3 Å². The number of carbonyl (C=O) groups excluding carboxylic acids is 2. The van der Waals surface area contributed by atoms with E-state index >= 15 is 0 Å². The lowest BCUT2D eigenvalue weighted by Gasteiger charge is -2.39. The van der Waals surface area contributed by atoms with Crippen molar-refractivity contribution in [3.05, 3.63) is 52.7 Å². The van der Waals surface area contributed by atoms with Crippen LogP contribution in [0, 0.1) is 0 Å². The highest BCUT2D eigenvalue weighted by atomic mass is 16.7. The molecule has 0 spiro atoms. The number of nitrogens with one attached hydrogen (secondary N) is 1. The molecule has 2 aromatic carbocycles. The second-order valence-corrected chi connectivity index (χ2v) is 8.32.